The van der Waals surface area contributed by atoms with Crippen molar-refractivity contribution in [3.05, 3.63) is 102 Å². The molecule has 0 aliphatic heterocycles. The van der Waals surface area contributed by atoms with Crippen LogP contribution in [0.2, 0.25) is 0 Å². The van der Waals surface area contributed by atoms with Crippen LogP contribution in [0, 0.1) is 5.92 Å². The summed E-state index contributed by atoms with van der Waals surface area (Å²) in [5.74, 6) is -0.507. The first-order valence-electron chi connectivity index (χ1n) is 17.2. The van der Waals surface area contributed by atoms with E-state index in [0.29, 0.717) is 37.4 Å². The minimum Gasteiger partial charge on any atom is -0.467 e. The standard InChI is InChI=1S/C39H49N5O6S/c1-6-27(2)35(42-36(45)20-32-21-40-26-44(32)22-28-14-16-30(17-15-28)38(47)49-3)24-43(23-31-12-9-11-29-10-7-8-13-33(29)31)25-37(46)41-34(18-19-51-5)39(48)50-4/h7-17,21,26-27,34-35H,6,18-20,22-25H2,1-5H3,(H,41,46)(H,42,45)/t27-,34-,35+/m0/s1. The molecule has 0 saturated carbocycles. The number of nitrogens with one attached hydrogen (secondary N) is 2. The largest absolute Gasteiger partial charge is 0.467 e. The molecule has 0 bridgehead atoms. The number of hydrogen-bond acceptors (Lipinski definition) is 9. The Morgan fingerprint density at radius 3 is 2.39 bits per heavy atom. The maximum absolute atomic E-state index is 13.6. The highest BCUT2D eigenvalue weighted by Gasteiger charge is 2.26. The summed E-state index contributed by atoms with van der Waals surface area (Å²) in [6, 6.07) is 20.4. The van der Waals surface area contributed by atoms with Gasteiger partial charge in [0, 0.05) is 37.6 Å². The molecule has 0 fully saturated rings. The first-order chi connectivity index (χ1) is 24.6. The number of aromatic nitrogens is 2. The van der Waals surface area contributed by atoms with E-state index in [4.69, 9.17) is 9.47 Å². The van der Waals surface area contributed by atoms with Gasteiger partial charge in [0.05, 0.1) is 39.1 Å². The van der Waals surface area contributed by atoms with Gasteiger partial charge in [-0.1, -0.05) is 74.9 Å². The normalized spacial score (nSPS) is 13.0. The van der Waals surface area contributed by atoms with Crippen LogP contribution in [-0.2, 0) is 43.4 Å². The fourth-order valence-electron chi connectivity index (χ4n) is 5.98. The third-order valence-corrected chi connectivity index (χ3v) is 9.72. The predicted molar refractivity (Wildman–Crippen MR) is 200 cm³/mol. The lowest BCUT2D eigenvalue weighted by Crippen LogP contribution is -2.51. The lowest BCUT2D eigenvalue weighted by Gasteiger charge is -2.32. The van der Waals surface area contributed by atoms with Crippen LogP contribution < -0.4 is 10.6 Å². The molecule has 51 heavy (non-hydrogen) atoms. The number of esters is 2. The SMILES string of the molecule is CC[C@H](C)[C@@H](CN(CC(=O)N[C@@H](CCSC)C(=O)OC)Cc1cccc2ccccc12)NC(=O)Cc1cncn1Cc1ccc(C(=O)OC)cc1. The zero-order valence-corrected chi connectivity index (χ0v) is 30.9. The van der Waals surface area contributed by atoms with E-state index in [1.165, 1.54) is 14.2 Å². The first-order valence-corrected chi connectivity index (χ1v) is 18.6. The van der Waals surface area contributed by atoms with Crippen LogP contribution in [0.4, 0.5) is 0 Å². The maximum Gasteiger partial charge on any atom is 0.337 e. The van der Waals surface area contributed by atoms with Gasteiger partial charge < -0.3 is 24.7 Å². The van der Waals surface area contributed by atoms with E-state index in [1.807, 2.05) is 46.1 Å². The van der Waals surface area contributed by atoms with Crippen LogP contribution >= 0.6 is 11.8 Å². The number of amides is 2. The average Bonchev–Trinajstić information content (AvgIpc) is 3.57. The molecule has 4 aromatic rings. The third kappa shape index (κ3) is 11.4. The quantitative estimate of drug-likeness (QED) is 0.131. The Morgan fingerprint density at radius 2 is 1.69 bits per heavy atom. The first kappa shape index (κ1) is 39.1. The van der Waals surface area contributed by atoms with Gasteiger partial charge in [0.15, 0.2) is 0 Å². The second-order valence-corrected chi connectivity index (χ2v) is 13.7. The van der Waals surface area contributed by atoms with Crippen molar-refractivity contribution in [2.45, 2.75) is 58.3 Å². The number of methoxy groups -OCH3 is 2. The van der Waals surface area contributed by atoms with Crippen molar-refractivity contribution in [3.8, 4) is 0 Å². The Bertz CT molecular complexity index is 1760. The minimum absolute atomic E-state index is 0.0281. The van der Waals surface area contributed by atoms with Gasteiger partial charge in [0.1, 0.15) is 6.04 Å². The lowest BCUT2D eigenvalue weighted by molar-refractivity contribution is -0.145. The number of hydrogen-bond donors (Lipinski definition) is 2. The molecular formula is C39H49N5O6S. The van der Waals surface area contributed by atoms with Crippen molar-refractivity contribution in [1.29, 1.82) is 0 Å². The van der Waals surface area contributed by atoms with E-state index in [1.54, 1.807) is 36.4 Å². The number of carbonyl (C=O) groups excluding carboxylic acids is 4. The molecule has 2 amide bonds. The van der Waals surface area contributed by atoms with Gasteiger partial charge in [-0.2, -0.15) is 11.8 Å². The van der Waals surface area contributed by atoms with Gasteiger partial charge >= 0.3 is 11.9 Å². The summed E-state index contributed by atoms with van der Waals surface area (Å²) in [5.41, 5.74) is 3.22. The summed E-state index contributed by atoms with van der Waals surface area (Å²) in [6.45, 7) is 5.57. The van der Waals surface area contributed by atoms with Crippen LogP contribution in [0.25, 0.3) is 10.8 Å². The highest BCUT2D eigenvalue weighted by molar-refractivity contribution is 7.98. The second-order valence-electron chi connectivity index (χ2n) is 12.7. The van der Waals surface area contributed by atoms with Gasteiger partial charge in [-0.15, -0.1) is 0 Å². The van der Waals surface area contributed by atoms with Gasteiger partial charge in [-0.05, 0) is 58.4 Å². The molecule has 272 valence electrons. The topological polar surface area (TPSA) is 132 Å². The Morgan fingerprint density at radius 1 is 0.941 bits per heavy atom. The number of rotatable bonds is 19. The van der Waals surface area contributed by atoms with Crippen molar-refractivity contribution in [2.75, 3.05) is 39.3 Å². The molecule has 4 rings (SSSR count). The van der Waals surface area contributed by atoms with E-state index < -0.39 is 18.0 Å². The van der Waals surface area contributed by atoms with E-state index in [9.17, 15) is 19.2 Å². The van der Waals surface area contributed by atoms with Gasteiger partial charge in [0.25, 0.3) is 0 Å². The number of nitrogens with zero attached hydrogens (tertiary/aromatic N) is 3. The Balaban J connectivity index is 1.51. The summed E-state index contributed by atoms with van der Waals surface area (Å²) < 4.78 is 11.7. The Kier molecular flexibility index (Phi) is 15.1. The molecule has 2 N–H and O–H groups in total. The summed E-state index contributed by atoms with van der Waals surface area (Å²) in [7, 11) is 2.67. The third-order valence-electron chi connectivity index (χ3n) is 9.07. The van der Waals surface area contributed by atoms with Gasteiger partial charge in [0.2, 0.25) is 11.8 Å². The maximum atomic E-state index is 13.6. The number of benzene rings is 3. The van der Waals surface area contributed by atoms with Crippen LogP contribution in [0.15, 0.2) is 79.3 Å². The molecule has 0 aliphatic rings. The van der Waals surface area contributed by atoms with E-state index in [-0.39, 0.29) is 36.7 Å². The highest BCUT2D eigenvalue weighted by atomic mass is 32.2. The van der Waals surface area contributed by atoms with Crippen molar-refractivity contribution >= 4 is 46.3 Å². The lowest BCUT2D eigenvalue weighted by atomic mass is 9.97. The van der Waals surface area contributed by atoms with E-state index in [0.717, 1.165) is 34.0 Å². The van der Waals surface area contributed by atoms with E-state index in [2.05, 4.69) is 53.7 Å². The number of carbonyl (C=O) groups is 4. The average molecular weight is 716 g/mol. The summed E-state index contributed by atoms with van der Waals surface area (Å²) in [6.07, 6.45) is 6.72. The minimum atomic E-state index is -0.741. The van der Waals surface area contributed by atoms with Crippen LogP contribution in [0.3, 0.4) is 0 Å². The molecule has 1 heterocycles. The number of fused-ring (bicyclic) bond motifs is 1. The molecule has 1 aromatic heterocycles. The fraction of sp³-hybridized carbons (Fsp3) is 0.410. The number of imidazole rings is 1. The summed E-state index contributed by atoms with van der Waals surface area (Å²) in [4.78, 5) is 57.8. The van der Waals surface area contributed by atoms with Gasteiger partial charge in [-0.25, -0.2) is 14.6 Å². The molecule has 0 aliphatic carbocycles. The Hall–Kier alpha value is -4.68. The molecule has 3 aromatic carbocycles. The molecular weight excluding hydrogens is 667 g/mol. The zero-order chi connectivity index (χ0) is 36.8. The fourth-order valence-corrected chi connectivity index (χ4v) is 6.45. The molecule has 0 radical (unpaired) electrons. The van der Waals surface area contributed by atoms with Crippen LogP contribution in [-0.4, -0.2) is 89.6 Å². The molecule has 0 unspecified atom stereocenters. The Labute approximate surface area is 304 Å². The van der Waals surface area contributed by atoms with Crippen molar-refractivity contribution < 1.29 is 28.7 Å². The highest BCUT2D eigenvalue weighted by Crippen LogP contribution is 2.21. The summed E-state index contributed by atoms with van der Waals surface area (Å²) >= 11 is 1.60. The number of thioether (sulfide) groups is 1. The zero-order valence-electron chi connectivity index (χ0n) is 30.1. The molecule has 0 saturated heterocycles. The monoisotopic (exact) mass is 715 g/mol. The van der Waals surface area contributed by atoms with Crippen molar-refractivity contribution in [1.82, 2.24) is 25.1 Å². The number of ether oxygens (including phenoxy) is 2. The predicted octanol–water partition coefficient (Wildman–Crippen LogP) is 4.86. The smallest absolute Gasteiger partial charge is 0.337 e. The van der Waals surface area contributed by atoms with Crippen molar-refractivity contribution in [2.24, 2.45) is 5.92 Å². The molecule has 0 spiro atoms. The molecule has 3 atom stereocenters. The summed E-state index contributed by atoms with van der Waals surface area (Å²) in [5, 5.41) is 8.35. The molecule has 12 heteroatoms. The van der Waals surface area contributed by atoms with Crippen LogP contribution in [0.5, 0.6) is 0 Å². The van der Waals surface area contributed by atoms with Crippen molar-refractivity contribution in [3.63, 3.8) is 0 Å². The molecule has 11 nitrogen and oxygen atoms in total. The second kappa shape index (κ2) is 19.6. The van der Waals surface area contributed by atoms with E-state index >= 15 is 0 Å². The van der Waals surface area contributed by atoms with Gasteiger partial charge in [-0.3, -0.25) is 14.5 Å². The van der Waals surface area contributed by atoms with Crippen LogP contribution in [0.1, 0.15) is 53.9 Å².